The first-order valence-corrected chi connectivity index (χ1v) is 11.9. The summed E-state index contributed by atoms with van der Waals surface area (Å²) < 4.78 is 0. The highest BCUT2D eigenvalue weighted by Crippen LogP contribution is 2.36. The summed E-state index contributed by atoms with van der Waals surface area (Å²) in [5.74, 6) is 6.58. The van der Waals surface area contributed by atoms with Gasteiger partial charge in [-0.2, -0.15) is 5.10 Å². The second kappa shape index (κ2) is 9.40. The molecule has 8 nitrogen and oxygen atoms in total. The molecule has 2 aromatic carbocycles. The lowest BCUT2D eigenvalue weighted by molar-refractivity contribution is 0.407. The van der Waals surface area contributed by atoms with Crippen molar-refractivity contribution in [3.63, 3.8) is 0 Å². The van der Waals surface area contributed by atoms with E-state index in [1.165, 1.54) is 5.69 Å². The van der Waals surface area contributed by atoms with Gasteiger partial charge >= 0.3 is 0 Å². The van der Waals surface area contributed by atoms with Gasteiger partial charge in [0, 0.05) is 42.1 Å². The lowest BCUT2D eigenvalue weighted by atomic mass is 10.0. The molecule has 2 unspecified atom stereocenters. The van der Waals surface area contributed by atoms with Crippen LogP contribution in [-0.4, -0.2) is 40.4 Å². The maximum absolute atomic E-state index is 6.58. The summed E-state index contributed by atoms with van der Waals surface area (Å²) in [6.07, 6.45) is 1.81. The third-order valence-electron chi connectivity index (χ3n) is 6.44. The van der Waals surface area contributed by atoms with Crippen molar-refractivity contribution in [2.45, 2.75) is 32.9 Å². The number of nitrogen functional groups attached to an aromatic ring is 1. The molecular weight excluding hydrogens is 436 g/mol. The van der Waals surface area contributed by atoms with Crippen molar-refractivity contribution >= 4 is 22.7 Å². The zero-order chi connectivity index (χ0) is 24.5. The molecule has 1 aliphatic rings. The number of hydrogen-bond donors (Lipinski definition) is 4. The fourth-order valence-electron chi connectivity index (χ4n) is 4.80. The van der Waals surface area contributed by atoms with Gasteiger partial charge in [0.2, 0.25) is 0 Å². The van der Waals surface area contributed by atoms with Gasteiger partial charge in [-0.15, -0.1) is 0 Å². The first-order valence-electron chi connectivity index (χ1n) is 11.9. The SMILES string of the molecule is Cc1cccc(-c2[nH]ncc2-c2ccc(N)c(N(N)c3ccc(N4CC(C)NC(C)C4)cc3)c2)n1. The monoisotopic (exact) mass is 468 g/mol. The molecule has 8 heteroatoms. The van der Waals surface area contributed by atoms with Gasteiger partial charge in [-0.25, -0.2) is 5.84 Å². The number of aromatic amines is 1. The highest BCUT2D eigenvalue weighted by Gasteiger charge is 2.21. The minimum atomic E-state index is 0.454. The lowest BCUT2D eigenvalue weighted by Crippen LogP contribution is -2.54. The van der Waals surface area contributed by atoms with E-state index in [1.807, 2.05) is 55.5 Å². The highest BCUT2D eigenvalue weighted by molar-refractivity contribution is 5.85. The molecule has 5 rings (SSSR count). The van der Waals surface area contributed by atoms with Gasteiger partial charge < -0.3 is 16.0 Å². The van der Waals surface area contributed by atoms with E-state index in [4.69, 9.17) is 11.6 Å². The number of pyridine rings is 1. The van der Waals surface area contributed by atoms with Crippen molar-refractivity contribution in [1.82, 2.24) is 20.5 Å². The second-order valence-corrected chi connectivity index (χ2v) is 9.36. The van der Waals surface area contributed by atoms with Crippen molar-refractivity contribution in [3.8, 4) is 22.5 Å². The van der Waals surface area contributed by atoms with Crippen LogP contribution < -0.4 is 26.8 Å². The number of aromatic nitrogens is 3. The number of hydrazine groups is 1. The smallest absolute Gasteiger partial charge is 0.0912 e. The van der Waals surface area contributed by atoms with E-state index in [2.05, 4.69) is 51.4 Å². The Morgan fingerprint density at radius 3 is 2.46 bits per heavy atom. The van der Waals surface area contributed by atoms with Gasteiger partial charge in [0.1, 0.15) is 0 Å². The van der Waals surface area contributed by atoms with Crippen LogP contribution >= 0.6 is 0 Å². The van der Waals surface area contributed by atoms with Gasteiger partial charge in [-0.05, 0) is 74.9 Å². The number of nitrogens with two attached hydrogens (primary N) is 2. The van der Waals surface area contributed by atoms with Gasteiger partial charge in [-0.3, -0.25) is 15.1 Å². The van der Waals surface area contributed by atoms with Crippen molar-refractivity contribution in [2.24, 2.45) is 5.84 Å². The second-order valence-electron chi connectivity index (χ2n) is 9.36. The Balaban J connectivity index is 1.42. The summed E-state index contributed by atoms with van der Waals surface area (Å²) in [6.45, 7) is 8.37. The number of benzene rings is 2. The Morgan fingerprint density at radius 2 is 1.74 bits per heavy atom. The maximum atomic E-state index is 6.58. The quantitative estimate of drug-likeness (QED) is 0.197. The van der Waals surface area contributed by atoms with E-state index < -0.39 is 0 Å². The zero-order valence-corrected chi connectivity index (χ0v) is 20.4. The molecule has 1 fully saturated rings. The van der Waals surface area contributed by atoms with Crippen LogP contribution in [0.5, 0.6) is 0 Å². The van der Waals surface area contributed by atoms with Crippen LogP contribution in [0.15, 0.2) is 66.9 Å². The van der Waals surface area contributed by atoms with Crippen molar-refractivity contribution < 1.29 is 0 Å². The molecule has 35 heavy (non-hydrogen) atoms. The van der Waals surface area contributed by atoms with Gasteiger partial charge in [0.25, 0.3) is 0 Å². The summed E-state index contributed by atoms with van der Waals surface area (Å²) in [5.41, 5.74) is 14.3. The molecule has 0 bridgehead atoms. The summed E-state index contributed by atoms with van der Waals surface area (Å²) >= 11 is 0. The topological polar surface area (TPSA) is 112 Å². The largest absolute Gasteiger partial charge is 0.397 e. The fourth-order valence-corrected chi connectivity index (χ4v) is 4.80. The molecule has 180 valence electrons. The number of anilines is 4. The lowest BCUT2D eigenvalue weighted by Gasteiger charge is -2.37. The minimum absolute atomic E-state index is 0.454. The van der Waals surface area contributed by atoms with E-state index in [9.17, 15) is 0 Å². The first-order chi connectivity index (χ1) is 16.9. The molecule has 2 aromatic heterocycles. The molecule has 0 amide bonds. The summed E-state index contributed by atoms with van der Waals surface area (Å²) in [4.78, 5) is 7.05. The molecule has 1 saturated heterocycles. The number of hydrogen-bond acceptors (Lipinski definition) is 7. The van der Waals surface area contributed by atoms with Crippen LogP contribution in [0.25, 0.3) is 22.5 Å². The average Bonchev–Trinajstić information content (AvgIpc) is 3.33. The number of rotatable bonds is 5. The van der Waals surface area contributed by atoms with Crippen LogP contribution in [0.4, 0.5) is 22.7 Å². The summed E-state index contributed by atoms with van der Waals surface area (Å²) in [6, 6.07) is 21.0. The van der Waals surface area contributed by atoms with Gasteiger partial charge in [0.15, 0.2) is 0 Å². The van der Waals surface area contributed by atoms with Crippen molar-refractivity contribution in [3.05, 3.63) is 72.6 Å². The molecule has 0 radical (unpaired) electrons. The maximum Gasteiger partial charge on any atom is 0.0912 e. The van der Waals surface area contributed by atoms with Gasteiger partial charge in [-0.1, -0.05) is 12.1 Å². The van der Waals surface area contributed by atoms with E-state index in [1.54, 1.807) is 11.2 Å². The third-order valence-corrected chi connectivity index (χ3v) is 6.44. The zero-order valence-electron chi connectivity index (χ0n) is 20.4. The minimum Gasteiger partial charge on any atom is -0.397 e. The van der Waals surface area contributed by atoms with Crippen molar-refractivity contribution in [2.75, 3.05) is 28.7 Å². The number of piperazine rings is 1. The van der Waals surface area contributed by atoms with Crippen LogP contribution in [-0.2, 0) is 0 Å². The molecule has 0 saturated carbocycles. The Labute approximate surface area is 205 Å². The molecule has 4 aromatic rings. The first kappa shape index (κ1) is 22.9. The predicted molar refractivity (Wildman–Crippen MR) is 143 cm³/mol. The normalized spacial score (nSPS) is 18.0. The average molecular weight is 469 g/mol. The summed E-state index contributed by atoms with van der Waals surface area (Å²) in [5, 5.41) is 12.6. The molecule has 3 heterocycles. The van der Waals surface area contributed by atoms with E-state index in [0.717, 1.165) is 52.7 Å². The molecule has 0 aliphatic carbocycles. The van der Waals surface area contributed by atoms with E-state index in [0.29, 0.717) is 17.8 Å². The number of nitrogens with zero attached hydrogens (tertiary/aromatic N) is 4. The Hall–Kier alpha value is -3.88. The van der Waals surface area contributed by atoms with Gasteiger partial charge in [0.05, 0.1) is 34.6 Å². The van der Waals surface area contributed by atoms with E-state index >= 15 is 0 Å². The molecular formula is C27H32N8. The third kappa shape index (κ3) is 4.71. The standard InChI is InChI=1S/C27H32N8/c1-17-5-4-6-25(32-17)27-23(14-30-33-27)20-7-12-24(28)26(13-20)35(29)22-10-8-21(9-11-22)34-15-18(2)31-19(3)16-34/h4-14,18-19,31H,15-16,28-29H2,1-3H3,(H,30,33). The number of nitrogens with one attached hydrogen (secondary N) is 2. The fraction of sp³-hybridized carbons (Fsp3) is 0.259. The Morgan fingerprint density at radius 1 is 1.00 bits per heavy atom. The number of aryl methyl sites for hydroxylation is 1. The highest BCUT2D eigenvalue weighted by atomic mass is 15.4. The molecule has 0 spiro atoms. The van der Waals surface area contributed by atoms with E-state index in [-0.39, 0.29) is 0 Å². The Bertz CT molecular complexity index is 1300. The van der Waals surface area contributed by atoms with Crippen LogP contribution in [0.1, 0.15) is 19.5 Å². The number of H-pyrrole nitrogens is 1. The summed E-state index contributed by atoms with van der Waals surface area (Å²) in [7, 11) is 0. The Kier molecular flexibility index (Phi) is 6.15. The van der Waals surface area contributed by atoms with Crippen molar-refractivity contribution in [1.29, 1.82) is 0 Å². The van der Waals surface area contributed by atoms with Crippen LogP contribution in [0.3, 0.4) is 0 Å². The molecule has 2 atom stereocenters. The molecule has 6 N–H and O–H groups in total. The van der Waals surface area contributed by atoms with Crippen LogP contribution in [0, 0.1) is 6.92 Å². The molecule has 1 aliphatic heterocycles. The van der Waals surface area contributed by atoms with Crippen LogP contribution in [0.2, 0.25) is 0 Å². The predicted octanol–water partition coefficient (Wildman–Crippen LogP) is 4.23.